The summed E-state index contributed by atoms with van der Waals surface area (Å²) >= 11 is 5.97. The number of nitrogens with one attached hydrogen (secondary N) is 1. The average Bonchev–Trinajstić information content (AvgIpc) is 3.27. The quantitative estimate of drug-likeness (QED) is 0.818. The van der Waals surface area contributed by atoms with Gasteiger partial charge in [-0.3, -0.25) is 9.69 Å². The second-order valence-electron chi connectivity index (χ2n) is 5.84. The van der Waals surface area contributed by atoms with Crippen LogP contribution in [0.3, 0.4) is 0 Å². The zero-order chi connectivity index (χ0) is 17.1. The third kappa shape index (κ3) is 4.01. The van der Waals surface area contributed by atoms with Crippen LogP contribution in [0.1, 0.15) is 24.7 Å². The summed E-state index contributed by atoms with van der Waals surface area (Å²) in [7, 11) is 3.39. The van der Waals surface area contributed by atoms with Gasteiger partial charge in [0, 0.05) is 5.02 Å². The van der Waals surface area contributed by atoms with Crippen LogP contribution in [-0.2, 0) is 11.3 Å². The van der Waals surface area contributed by atoms with Crippen LogP contribution in [0, 0.1) is 0 Å². The Bertz CT molecular complexity index is 731. The van der Waals surface area contributed by atoms with E-state index in [2.05, 4.69) is 20.8 Å². The van der Waals surface area contributed by atoms with Crippen molar-refractivity contribution in [2.75, 3.05) is 26.0 Å². The normalized spacial score (nSPS) is 14.0. The fourth-order valence-electron chi connectivity index (χ4n) is 2.43. The first-order valence-electron chi connectivity index (χ1n) is 7.65. The number of amides is 1. The molecule has 0 unspecified atom stereocenters. The lowest BCUT2D eigenvalue weighted by atomic mass is 10.3. The lowest BCUT2D eigenvalue weighted by Crippen LogP contribution is -2.31. The molecule has 0 aliphatic heterocycles. The molecule has 8 nitrogen and oxygen atoms in total. The van der Waals surface area contributed by atoms with Gasteiger partial charge in [0.2, 0.25) is 5.91 Å². The fourth-order valence-corrected chi connectivity index (χ4v) is 2.60. The molecule has 1 N–H and O–H groups in total. The molecule has 1 fully saturated rings. The van der Waals surface area contributed by atoms with E-state index in [1.807, 2.05) is 16.6 Å². The van der Waals surface area contributed by atoms with E-state index < -0.39 is 0 Å². The van der Waals surface area contributed by atoms with Crippen LogP contribution in [0.25, 0.3) is 0 Å². The van der Waals surface area contributed by atoms with Crippen molar-refractivity contribution in [3.05, 3.63) is 29.0 Å². The van der Waals surface area contributed by atoms with Gasteiger partial charge in [-0.25, -0.2) is 4.68 Å². The van der Waals surface area contributed by atoms with Crippen LogP contribution in [-0.4, -0.2) is 51.7 Å². The van der Waals surface area contributed by atoms with E-state index in [9.17, 15) is 4.79 Å². The van der Waals surface area contributed by atoms with Gasteiger partial charge in [0.25, 0.3) is 0 Å². The number of carbonyl (C=O) groups excluding carboxylic acids is 1. The first kappa shape index (κ1) is 16.7. The maximum Gasteiger partial charge on any atom is 0.238 e. The minimum absolute atomic E-state index is 0.163. The van der Waals surface area contributed by atoms with E-state index in [1.54, 1.807) is 25.3 Å². The molecule has 2 aromatic rings. The molecular weight excluding hydrogens is 332 g/mol. The largest absolute Gasteiger partial charge is 0.495 e. The molecule has 1 saturated carbocycles. The number of carbonyl (C=O) groups is 1. The molecule has 1 aliphatic rings. The summed E-state index contributed by atoms with van der Waals surface area (Å²) < 4.78 is 7.07. The van der Waals surface area contributed by atoms with Crippen molar-refractivity contribution in [1.29, 1.82) is 0 Å². The minimum atomic E-state index is -0.163. The number of halogens is 1. The van der Waals surface area contributed by atoms with Crippen LogP contribution in [0.15, 0.2) is 18.2 Å². The van der Waals surface area contributed by atoms with Crippen LogP contribution < -0.4 is 10.1 Å². The number of aromatic nitrogens is 4. The number of likely N-dealkylation sites (N-methyl/N-ethyl adjacent to an activating group) is 1. The van der Waals surface area contributed by atoms with Gasteiger partial charge in [-0.2, -0.15) is 0 Å². The molecule has 0 bridgehead atoms. The van der Waals surface area contributed by atoms with Gasteiger partial charge in [0.05, 0.1) is 31.9 Å². The zero-order valence-corrected chi connectivity index (χ0v) is 14.3. The Hall–Kier alpha value is -2.19. The zero-order valence-electron chi connectivity index (χ0n) is 13.6. The fraction of sp³-hybridized carbons (Fsp3) is 0.467. The first-order chi connectivity index (χ1) is 11.6. The number of rotatable bonds is 7. The Morgan fingerprint density at radius 2 is 2.29 bits per heavy atom. The van der Waals surface area contributed by atoms with E-state index >= 15 is 0 Å². The van der Waals surface area contributed by atoms with E-state index in [4.69, 9.17) is 16.3 Å². The third-order valence-electron chi connectivity index (χ3n) is 3.71. The second kappa shape index (κ2) is 7.14. The van der Waals surface area contributed by atoms with Crippen molar-refractivity contribution in [1.82, 2.24) is 25.1 Å². The van der Waals surface area contributed by atoms with Crippen LogP contribution in [0.2, 0.25) is 5.02 Å². The summed E-state index contributed by atoms with van der Waals surface area (Å²) in [5.74, 6) is 1.17. The summed E-state index contributed by atoms with van der Waals surface area (Å²) in [6, 6.07) is 5.49. The number of hydrogen-bond donors (Lipinski definition) is 1. The monoisotopic (exact) mass is 350 g/mol. The van der Waals surface area contributed by atoms with Gasteiger partial charge in [-0.1, -0.05) is 11.6 Å². The Kier molecular flexibility index (Phi) is 4.96. The van der Waals surface area contributed by atoms with Gasteiger partial charge in [-0.05, 0) is 48.5 Å². The molecule has 0 radical (unpaired) electrons. The molecule has 128 valence electrons. The molecule has 3 rings (SSSR count). The molecule has 1 aliphatic carbocycles. The van der Waals surface area contributed by atoms with Crippen molar-refractivity contribution < 1.29 is 9.53 Å². The highest BCUT2D eigenvalue weighted by atomic mass is 35.5. The van der Waals surface area contributed by atoms with Crippen LogP contribution >= 0.6 is 11.6 Å². The topological polar surface area (TPSA) is 85.2 Å². The lowest BCUT2D eigenvalue weighted by molar-refractivity contribution is -0.117. The molecule has 0 spiro atoms. The lowest BCUT2D eigenvalue weighted by Gasteiger charge is -2.16. The van der Waals surface area contributed by atoms with Gasteiger partial charge >= 0.3 is 0 Å². The van der Waals surface area contributed by atoms with Crippen molar-refractivity contribution in [3.8, 4) is 5.75 Å². The molecule has 0 saturated heterocycles. The van der Waals surface area contributed by atoms with E-state index in [-0.39, 0.29) is 12.5 Å². The molecule has 0 atom stereocenters. The number of hydrogen-bond acceptors (Lipinski definition) is 6. The molecule has 24 heavy (non-hydrogen) atoms. The number of benzene rings is 1. The second-order valence-corrected chi connectivity index (χ2v) is 6.27. The summed E-state index contributed by atoms with van der Waals surface area (Å²) in [5, 5.41) is 15.1. The van der Waals surface area contributed by atoms with Crippen molar-refractivity contribution in [2.24, 2.45) is 0 Å². The molecule has 1 aromatic carbocycles. The Morgan fingerprint density at radius 3 is 3.00 bits per heavy atom. The van der Waals surface area contributed by atoms with E-state index in [0.29, 0.717) is 29.0 Å². The highest BCUT2D eigenvalue weighted by Crippen LogP contribution is 2.34. The molecular formula is C15H19ClN6O2. The molecule has 1 amide bonds. The predicted molar refractivity (Wildman–Crippen MR) is 89.1 cm³/mol. The highest BCUT2D eigenvalue weighted by molar-refractivity contribution is 6.31. The number of nitrogens with zero attached hydrogens (tertiary/aromatic N) is 5. The van der Waals surface area contributed by atoms with Crippen LogP contribution in [0.5, 0.6) is 5.75 Å². The van der Waals surface area contributed by atoms with Crippen molar-refractivity contribution in [3.63, 3.8) is 0 Å². The predicted octanol–water partition coefficient (Wildman–Crippen LogP) is 1.74. The Morgan fingerprint density at radius 1 is 1.50 bits per heavy atom. The first-order valence-corrected chi connectivity index (χ1v) is 8.03. The van der Waals surface area contributed by atoms with E-state index in [0.717, 1.165) is 18.7 Å². The number of tetrazole rings is 1. The summed E-state index contributed by atoms with van der Waals surface area (Å²) in [4.78, 5) is 14.1. The summed E-state index contributed by atoms with van der Waals surface area (Å²) in [6.07, 6.45) is 2.22. The highest BCUT2D eigenvalue weighted by Gasteiger charge is 2.28. The summed E-state index contributed by atoms with van der Waals surface area (Å²) in [5.41, 5.74) is 0.547. The number of ether oxygens (including phenoxy) is 1. The van der Waals surface area contributed by atoms with Crippen molar-refractivity contribution >= 4 is 23.2 Å². The Labute approximate surface area is 144 Å². The molecule has 1 heterocycles. The van der Waals surface area contributed by atoms with Gasteiger partial charge in [-0.15, -0.1) is 5.10 Å². The SMILES string of the molecule is COc1ccc(Cl)cc1NC(=O)CN(C)Cc1nnnn1C1CC1. The standard InChI is InChI=1S/C15H19ClN6O2/c1-21(8-14-18-19-20-22(14)11-4-5-11)9-15(23)17-12-7-10(16)3-6-13(12)24-2/h3,6-7,11H,4-5,8-9H2,1-2H3,(H,17,23). The minimum Gasteiger partial charge on any atom is -0.495 e. The average molecular weight is 351 g/mol. The van der Waals surface area contributed by atoms with Gasteiger partial charge in [0.15, 0.2) is 5.82 Å². The van der Waals surface area contributed by atoms with Crippen molar-refractivity contribution in [2.45, 2.75) is 25.4 Å². The Balaban J connectivity index is 1.58. The van der Waals surface area contributed by atoms with Crippen LogP contribution in [0.4, 0.5) is 5.69 Å². The maximum atomic E-state index is 12.3. The maximum absolute atomic E-state index is 12.3. The van der Waals surface area contributed by atoms with Gasteiger partial charge < -0.3 is 10.1 Å². The van der Waals surface area contributed by atoms with E-state index in [1.165, 1.54) is 0 Å². The smallest absolute Gasteiger partial charge is 0.238 e. The molecule has 1 aromatic heterocycles. The third-order valence-corrected chi connectivity index (χ3v) is 3.95. The number of methoxy groups -OCH3 is 1. The van der Waals surface area contributed by atoms with Gasteiger partial charge in [0.1, 0.15) is 5.75 Å². The number of anilines is 1. The summed E-state index contributed by atoms with van der Waals surface area (Å²) in [6.45, 7) is 0.705. The molecule has 9 heteroatoms.